The summed E-state index contributed by atoms with van der Waals surface area (Å²) in [5.74, 6) is 1.66. The third kappa shape index (κ3) is 5.62. The van der Waals surface area contributed by atoms with Gasteiger partial charge in [0.05, 0.1) is 11.0 Å². The molecule has 0 bridgehead atoms. The zero-order chi connectivity index (χ0) is 41.4. The minimum Gasteiger partial charge on any atom is -0.456 e. The van der Waals surface area contributed by atoms with E-state index in [-0.39, 0.29) is 0 Å². The van der Waals surface area contributed by atoms with Gasteiger partial charge in [-0.05, 0) is 70.3 Å². The van der Waals surface area contributed by atoms with E-state index in [0.717, 1.165) is 110 Å². The van der Waals surface area contributed by atoms with E-state index >= 15 is 0 Å². The van der Waals surface area contributed by atoms with Crippen molar-refractivity contribution in [1.29, 1.82) is 0 Å². The Balaban J connectivity index is 1.02. The van der Waals surface area contributed by atoms with E-state index in [9.17, 15) is 0 Å². The maximum absolute atomic E-state index is 6.61. The molecular formula is C57H34N4O2. The highest BCUT2D eigenvalue weighted by atomic mass is 16.3. The molecule has 0 saturated carbocycles. The predicted molar refractivity (Wildman–Crippen MR) is 256 cm³/mol. The van der Waals surface area contributed by atoms with E-state index in [4.69, 9.17) is 23.8 Å². The van der Waals surface area contributed by atoms with Crippen LogP contribution in [0.5, 0.6) is 0 Å². The number of para-hydroxylation sites is 2. The molecule has 0 aliphatic carbocycles. The average Bonchev–Trinajstić information content (AvgIpc) is 4.04. The summed E-state index contributed by atoms with van der Waals surface area (Å²) < 4.78 is 15.1. The molecule has 6 heteroatoms. The molecule has 0 unspecified atom stereocenters. The predicted octanol–water partition coefficient (Wildman–Crippen LogP) is 15.1. The van der Waals surface area contributed by atoms with Crippen molar-refractivity contribution in [3.05, 3.63) is 206 Å². The lowest BCUT2D eigenvalue weighted by atomic mass is 9.97. The normalized spacial score (nSPS) is 11.8. The Morgan fingerprint density at radius 3 is 1.68 bits per heavy atom. The molecule has 0 aliphatic heterocycles. The van der Waals surface area contributed by atoms with Crippen molar-refractivity contribution in [2.75, 3.05) is 0 Å². The summed E-state index contributed by atoms with van der Waals surface area (Å²) in [6.45, 7) is 0. The van der Waals surface area contributed by atoms with Crippen LogP contribution in [-0.4, -0.2) is 19.5 Å². The van der Waals surface area contributed by atoms with Crippen LogP contribution in [0.25, 0.3) is 128 Å². The van der Waals surface area contributed by atoms with Crippen LogP contribution in [0.15, 0.2) is 215 Å². The molecule has 9 aromatic carbocycles. The van der Waals surface area contributed by atoms with Crippen molar-refractivity contribution in [3.8, 4) is 62.1 Å². The van der Waals surface area contributed by atoms with Gasteiger partial charge in [0.25, 0.3) is 0 Å². The van der Waals surface area contributed by atoms with Gasteiger partial charge in [-0.1, -0.05) is 164 Å². The smallest absolute Gasteiger partial charge is 0.238 e. The number of aromatic nitrogens is 4. The summed E-state index contributed by atoms with van der Waals surface area (Å²) in [6.07, 6.45) is 0. The lowest BCUT2D eigenvalue weighted by Gasteiger charge is -2.13. The van der Waals surface area contributed by atoms with Crippen LogP contribution < -0.4 is 0 Å². The summed E-state index contributed by atoms with van der Waals surface area (Å²) in [5, 5.41) is 6.52. The molecule has 0 radical (unpaired) electrons. The zero-order valence-corrected chi connectivity index (χ0v) is 33.7. The van der Waals surface area contributed by atoms with Gasteiger partial charge >= 0.3 is 0 Å². The van der Waals surface area contributed by atoms with Gasteiger partial charge in [-0.25, -0.2) is 4.98 Å². The number of fused-ring (bicyclic) bond motifs is 9. The molecule has 13 aromatic rings. The van der Waals surface area contributed by atoms with Crippen molar-refractivity contribution >= 4 is 65.7 Å². The average molecular weight is 807 g/mol. The van der Waals surface area contributed by atoms with Gasteiger partial charge in [0.15, 0.2) is 11.6 Å². The molecule has 13 rings (SSSR count). The first-order valence-electron chi connectivity index (χ1n) is 21.1. The zero-order valence-electron chi connectivity index (χ0n) is 33.7. The summed E-state index contributed by atoms with van der Waals surface area (Å²) >= 11 is 0. The summed E-state index contributed by atoms with van der Waals surface area (Å²) in [7, 11) is 0. The fraction of sp³-hybridized carbons (Fsp3) is 0. The van der Waals surface area contributed by atoms with Crippen molar-refractivity contribution in [2.45, 2.75) is 0 Å². The van der Waals surface area contributed by atoms with Crippen molar-refractivity contribution < 1.29 is 8.83 Å². The van der Waals surface area contributed by atoms with Gasteiger partial charge in [-0.3, -0.25) is 4.57 Å². The quantitative estimate of drug-likeness (QED) is 0.167. The standard InChI is InChI=1S/C57H34N4O2/c1-4-15-35(16-5-1)40-22-13-26-47-52(40)45-25-12-24-42(36-17-6-2-7-18-36)54(45)61(47)57-59-55(37-19-8-3-9-20-37)58-56(60-57)39-29-31-43-46-33-38(30-32-49(46)63-51(43)34-39)41-23-14-28-50-53(41)44-21-10-11-27-48(44)62-50/h1-34H. The monoisotopic (exact) mass is 806 g/mol. The number of nitrogens with zero attached hydrogens (tertiary/aromatic N) is 4. The molecule has 4 heterocycles. The Morgan fingerprint density at radius 1 is 0.317 bits per heavy atom. The number of hydrogen-bond acceptors (Lipinski definition) is 5. The highest BCUT2D eigenvalue weighted by Crippen LogP contribution is 2.43. The highest BCUT2D eigenvalue weighted by Gasteiger charge is 2.23. The largest absolute Gasteiger partial charge is 0.456 e. The van der Waals surface area contributed by atoms with E-state index in [1.165, 1.54) is 0 Å². The molecule has 63 heavy (non-hydrogen) atoms. The fourth-order valence-electron chi connectivity index (χ4n) is 9.44. The summed E-state index contributed by atoms with van der Waals surface area (Å²) in [6, 6.07) is 71.5. The van der Waals surface area contributed by atoms with E-state index in [0.29, 0.717) is 17.6 Å². The van der Waals surface area contributed by atoms with Crippen molar-refractivity contribution in [2.24, 2.45) is 0 Å². The van der Waals surface area contributed by atoms with Gasteiger partial charge in [-0.2, -0.15) is 9.97 Å². The molecule has 0 amide bonds. The second kappa shape index (κ2) is 14.0. The van der Waals surface area contributed by atoms with Crippen molar-refractivity contribution in [1.82, 2.24) is 19.5 Å². The number of rotatable bonds is 6. The Bertz CT molecular complexity index is 3900. The minimum absolute atomic E-state index is 0.530. The molecule has 6 nitrogen and oxygen atoms in total. The number of hydrogen-bond donors (Lipinski definition) is 0. The molecular weight excluding hydrogens is 773 g/mol. The first kappa shape index (κ1) is 35.2. The van der Waals surface area contributed by atoms with Crippen molar-refractivity contribution in [3.63, 3.8) is 0 Å². The maximum Gasteiger partial charge on any atom is 0.238 e. The molecule has 0 atom stereocenters. The van der Waals surface area contributed by atoms with Crippen LogP contribution in [0, 0.1) is 0 Å². The van der Waals surface area contributed by atoms with Gasteiger partial charge in [-0.15, -0.1) is 0 Å². The minimum atomic E-state index is 0.530. The molecule has 294 valence electrons. The van der Waals surface area contributed by atoms with Crippen LogP contribution in [0.2, 0.25) is 0 Å². The van der Waals surface area contributed by atoms with E-state index in [2.05, 4.69) is 162 Å². The first-order chi connectivity index (χ1) is 31.2. The van der Waals surface area contributed by atoms with Crippen LogP contribution in [-0.2, 0) is 0 Å². The van der Waals surface area contributed by atoms with Gasteiger partial charge in [0.1, 0.15) is 22.3 Å². The summed E-state index contributed by atoms with van der Waals surface area (Å²) in [4.78, 5) is 15.8. The highest BCUT2D eigenvalue weighted by molar-refractivity contribution is 6.19. The lowest BCUT2D eigenvalue weighted by Crippen LogP contribution is -2.07. The second-order valence-corrected chi connectivity index (χ2v) is 15.9. The molecule has 4 aromatic heterocycles. The Morgan fingerprint density at radius 2 is 0.889 bits per heavy atom. The second-order valence-electron chi connectivity index (χ2n) is 15.9. The van der Waals surface area contributed by atoms with Crippen LogP contribution in [0.3, 0.4) is 0 Å². The Labute approximate surface area is 361 Å². The third-order valence-corrected chi connectivity index (χ3v) is 12.3. The van der Waals surface area contributed by atoms with Gasteiger partial charge in [0, 0.05) is 49.0 Å². The SMILES string of the molecule is c1ccc(-c2nc(-c3ccc4c(c3)oc3ccc(-c5cccc6oc7ccccc7c56)cc34)nc(-n3c4cccc(-c5ccccc5)c4c4cccc(-c5ccccc5)c43)n2)cc1. The van der Waals surface area contributed by atoms with Crippen LogP contribution in [0.1, 0.15) is 0 Å². The molecule has 0 aliphatic rings. The molecule has 0 N–H and O–H groups in total. The van der Waals surface area contributed by atoms with E-state index < -0.39 is 0 Å². The fourth-order valence-corrected chi connectivity index (χ4v) is 9.44. The van der Waals surface area contributed by atoms with Crippen LogP contribution in [0.4, 0.5) is 0 Å². The van der Waals surface area contributed by atoms with Gasteiger partial charge < -0.3 is 8.83 Å². The van der Waals surface area contributed by atoms with E-state index in [1.807, 2.05) is 48.5 Å². The first-order valence-corrected chi connectivity index (χ1v) is 21.1. The Kier molecular flexibility index (Phi) is 7.80. The Hall–Kier alpha value is -8.61. The van der Waals surface area contributed by atoms with E-state index in [1.54, 1.807) is 0 Å². The lowest BCUT2D eigenvalue weighted by molar-refractivity contribution is 0.669. The molecule has 0 fully saturated rings. The molecule has 0 spiro atoms. The maximum atomic E-state index is 6.61. The topological polar surface area (TPSA) is 69.9 Å². The van der Waals surface area contributed by atoms with Gasteiger partial charge in [0.2, 0.25) is 5.95 Å². The number of furan rings is 2. The third-order valence-electron chi connectivity index (χ3n) is 12.3. The van der Waals surface area contributed by atoms with Crippen LogP contribution >= 0.6 is 0 Å². The number of benzene rings is 9. The summed E-state index contributed by atoms with van der Waals surface area (Å²) in [5.41, 5.74) is 13.8. The molecule has 0 saturated heterocycles.